The van der Waals surface area contributed by atoms with E-state index in [9.17, 15) is 14.4 Å². The highest BCUT2D eigenvalue weighted by Crippen LogP contribution is 2.25. The van der Waals surface area contributed by atoms with Crippen LogP contribution in [0.5, 0.6) is 0 Å². The highest BCUT2D eigenvalue weighted by atomic mass is 16.2. The van der Waals surface area contributed by atoms with E-state index in [0.29, 0.717) is 32.5 Å². The summed E-state index contributed by atoms with van der Waals surface area (Å²) in [6, 6.07) is 25.8. The molecule has 0 aliphatic carbocycles. The number of nitrogens with one attached hydrogen (secondary N) is 3. The van der Waals surface area contributed by atoms with E-state index in [1.807, 2.05) is 84.9 Å². The number of benzene rings is 3. The van der Waals surface area contributed by atoms with Gasteiger partial charge in [-0.2, -0.15) is 0 Å². The Bertz CT molecular complexity index is 1200. The molecule has 0 bridgehead atoms. The Labute approximate surface area is 229 Å². The molecule has 39 heavy (non-hydrogen) atoms. The Morgan fingerprint density at radius 2 is 1.26 bits per heavy atom. The molecule has 0 radical (unpaired) electrons. The van der Waals surface area contributed by atoms with Gasteiger partial charge in [0, 0.05) is 26.6 Å². The van der Waals surface area contributed by atoms with Crippen LogP contribution in [0.3, 0.4) is 0 Å². The molecule has 0 aliphatic rings. The van der Waals surface area contributed by atoms with Crippen LogP contribution in [0.4, 0.5) is 0 Å². The third-order valence-corrected chi connectivity index (χ3v) is 6.14. The van der Waals surface area contributed by atoms with E-state index < -0.39 is 12.0 Å². The van der Waals surface area contributed by atoms with Crippen LogP contribution in [-0.2, 0) is 27.5 Å². The second-order valence-electron chi connectivity index (χ2n) is 9.21. The number of hydrogen-bond donors (Lipinski definition) is 5. The number of aliphatic imine (C=N–C) groups is 1. The van der Waals surface area contributed by atoms with Gasteiger partial charge in [-0.05, 0) is 35.1 Å². The molecule has 7 N–H and O–H groups in total. The van der Waals surface area contributed by atoms with Gasteiger partial charge in [0.25, 0.3) is 0 Å². The van der Waals surface area contributed by atoms with Crippen molar-refractivity contribution in [1.29, 1.82) is 0 Å². The molecule has 204 valence electrons. The van der Waals surface area contributed by atoms with Gasteiger partial charge in [0.2, 0.25) is 17.7 Å². The zero-order chi connectivity index (χ0) is 28.0. The fraction of sp³-hybridized carbons (Fsp3) is 0.267. The minimum absolute atomic E-state index is 0.0183. The first kappa shape index (κ1) is 28.9. The molecule has 0 heterocycles. The molecule has 3 amide bonds. The minimum atomic E-state index is -0.777. The Morgan fingerprint density at radius 3 is 1.74 bits per heavy atom. The van der Waals surface area contributed by atoms with E-state index in [1.54, 1.807) is 0 Å². The normalized spacial score (nSPS) is 11.3. The second kappa shape index (κ2) is 14.9. The maximum atomic E-state index is 13.6. The number of nitrogens with zero attached hydrogens (tertiary/aromatic N) is 1. The number of hydrogen-bond acceptors (Lipinski definition) is 4. The maximum absolute atomic E-state index is 13.6. The van der Waals surface area contributed by atoms with Gasteiger partial charge in [-0.15, -0.1) is 0 Å². The Hall–Kier alpha value is -4.66. The highest BCUT2D eigenvalue weighted by Gasteiger charge is 2.27. The summed E-state index contributed by atoms with van der Waals surface area (Å²) in [5, 5.41) is 8.66. The Balaban J connectivity index is 1.72. The molecule has 9 nitrogen and oxygen atoms in total. The number of carbonyl (C=O) groups is 3. The van der Waals surface area contributed by atoms with Crippen LogP contribution in [0, 0.1) is 0 Å². The van der Waals surface area contributed by atoms with Crippen LogP contribution >= 0.6 is 0 Å². The molecular weight excluding hydrogens is 492 g/mol. The summed E-state index contributed by atoms with van der Waals surface area (Å²) >= 11 is 0. The van der Waals surface area contributed by atoms with E-state index in [2.05, 4.69) is 20.9 Å². The number of amides is 3. The lowest BCUT2D eigenvalue weighted by atomic mass is 9.90. The first-order chi connectivity index (χ1) is 18.8. The molecule has 1 atom stereocenters. The molecule has 9 heteroatoms. The van der Waals surface area contributed by atoms with Gasteiger partial charge in [0.15, 0.2) is 5.96 Å². The lowest BCUT2D eigenvalue weighted by Gasteiger charge is -2.23. The molecule has 0 aromatic heterocycles. The number of rotatable bonds is 13. The first-order valence-corrected chi connectivity index (χ1v) is 12.9. The summed E-state index contributed by atoms with van der Waals surface area (Å²) in [5.74, 6) is -1.25. The summed E-state index contributed by atoms with van der Waals surface area (Å²) in [5.41, 5.74) is 14.4. The third kappa shape index (κ3) is 9.62. The maximum Gasteiger partial charge on any atom is 0.242 e. The average molecular weight is 529 g/mol. The number of nitrogens with two attached hydrogens (primary N) is 2. The second-order valence-corrected chi connectivity index (χ2v) is 9.21. The van der Waals surface area contributed by atoms with Crippen molar-refractivity contribution < 1.29 is 14.4 Å². The van der Waals surface area contributed by atoms with Crippen molar-refractivity contribution in [3.63, 3.8) is 0 Å². The van der Waals surface area contributed by atoms with Gasteiger partial charge in [-0.25, -0.2) is 0 Å². The Morgan fingerprint density at radius 1 is 0.744 bits per heavy atom. The largest absolute Gasteiger partial charge is 0.370 e. The van der Waals surface area contributed by atoms with Crippen LogP contribution in [-0.4, -0.2) is 36.3 Å². The first-order valence-electron chi connectivity index (χ1n) is 12.9. The zero-order valence-corrected chi connectivity index (χ0v) is 22.1. The van der Waals surface area contributed by atoms with Crippen molar-refractivity contribution in [2.24, 2.45) is 16.5 Å². The SMILES string of the molecule is CC(=O)NCc1ccc(CNC(=O)[C@@H](CCCN=C(N)N)NC(=O)C(c2ccccc2)c2ccccc2)cc1. The smallest absolute Gasteiger partial charge is 0.242 e. The van der Waals surface area contributed by atoms with Crippen LogP contribution < -0.4 is 27.4 Å². The van der Waals surface area contributed by atoms with E-state index in [1.165, 1.54) is 6.92 Å². The monoisotopic (exact) mass is 528 g/mol. The molecule has 0 spiro atoms. The predicted octanol–water partition coefficient (Wildman–Crippen LogP) is 2.31. The van der Waals surface area contributed by atoms with Gasteiger partial charge in [0.1, 0.15) is 6.04 Å². The summed E-state index contributed by atoms with van der Waals surface area (Å²) in [4.78, 5) is 42.0. The van der Waals surface area contributed by atoms with Crippen molar-refractivity contribution >= 4 is 23.7 Å². The van der Waals surface area contributed by atoms with E-state index in [4.69, 9.17) is 11.5 Å². The molecule has 3 aromatic carbocycles. The number of carbonyl (C=O) groups excluding carboxylic acids is 3. The van der Waals surface area contributed by atoms with Crippen LogP contribution in [0.1, 0.15) is 47.9 Å². The quantitative estimate of drug-likeness (QED) is 0.131. The molecule has 3 aromatic rings. The van der Waals surface area contributed by atoms with Gasteiger partial charge < -0.3 is 27.4 Å². The third-order valence-electron chi connectivity index (χ3n) is 6.14. The predicted molar refractivity (Wildman–Crippen MR) is 152 cm³/mol. The molecular formula is C30H36N6O3. The van der Waals surface area contributed by atoms with E-state index in [0.717, 1.165) is 22.3 Å². The van der Waals surface area contributed by atoms with Crippen molar-refractivity contribution in [2.45, 2.75) is 44.8 Å². The molecule has 3 rings (SSSR count). The van der Waals surface area contributed by atoms with Gasteiger partial charge in [-0.3, -0.25) is 19.4 Å². The topological polar surface area (TPSA) is 152 Å². The molecule has 0 aliphatic heterocycles. The van der Waals surface area contributed by atoms with Crippen molar-refractivity contribution in [1.82, 2.24) is 16.0 Å². The van der Waals surface area contributed by atoms with Gasteiger partial charge in [0.05, 0.1) is 5.92 Å². The standard InChI is InChI=1S/C30H36N6O3/c1-21(37)34-19-22-14-16-23(17-15-22)20-35-28(38)26(13-8-18-33-30(31)32)36-29(39)27(24-9-4-2-5-10-24)25-11-6-3-7-12-25/h2-7,9-12,14-17,26-27H,8,13,18-20H2,1H3,(H,34,37)(H,35,38)(H,36,39)(H4,31,32,33)/t26-/m1/s1. The highest BCUT2D eigenvalue weighted by molar-refractivity contribution is 5.92. The van der Waals surface area contributed by atoms with Crippen LogP contribution in [0.15, 0.2) is 89.9 Å². The van der Waals surface area contributed by atoms with E-state index >= 15 is 0 Å². The Kier molecular flexibility index (Phi) is 11.1. The summed E-state index contributed by atoms with van der Waals surface area (Å²) in [6.45, 7) is 2.55. The molecule has 0 saturated heterocycles. The van der Waals surface area contributed by atoms with E-state index in [-0.39, 0.29) is 23.7 Å². The van der Waals surface area contributed by atoms with Crippen LogP contribution in [0.2, 0.25) is 0 Å². The summed E-state index contributed by atoms with van der Waals surface area (Å²) in [7, 11) is 0. The van der Waals surface area contributed by atoms with Crippen molar-refractivity contribution in [2.75, 3.05) is 6.54 Å². The summed E-state index contributed by atoms with van der Waals surface area (Å²) in [6.07, 6.45) is 0.871. The number of guanidine groups is 1. The van der Waals surface area contributed by atoms with Crippen molar-refractivity contribution in [3.8, 4) is 0 Å². The molecule has 0 fully saturated rings. The minimum Gasteiger partial charge on any atom is -0.370 e. The fourth-order valence-corrected chi connectivity index (χ4v) is 4.13. The zero-order valence-electron chi connectivity index (χ0n) is 22.1. The summed E-state index contributed by atoms with van der Waals surface area (Å²) < 4.78 is 0. The average Bonchev–Trinajstić information content (AvgIpc) is 2.94. The van der Waals surface area contributed by atoms with Crippen LogP contribution in [0.25, 0.3) is 0 Å². The van der Waals surface area contributed by atoms with Gasteiger partial charge in [-0.1, -0.05) is 84.9 Å². The lowest BCUT2D eigenvalue weighted by molar-refractivity contribution is -0.129. The molecule has 0 saturated carbocycles. The van der Waals surface area contributed by atoms with Gasteiger partial charge >= 0.3 is 0 Å². The fourth-order valence-electron chi connectivity index (χ4n) is 4.13. The van der Waals surface area contributed by atoms with Crippen molar-refractivity contribution in [3.05, 3.63) is 107 Å². The lowest BCUT2D eigenvalue weighted by Crippen LogP contribution is -2.48. The molecule has 0 unspecified atom stereocenters.